The van der Waals surface area contributed by atoms with Gasteiger partial charge >= 0.3 is 0 Å². The fourth-order valence-electron chi connectivity index (χ4n) is 3.20. The van der Waals surface area contributed by atoms with Crippen molar-refractivity contribution in [3.05, 3.63) is 53.6 Å². The molecule has 1 atom stereocenters. The molecule has 0 radical (unpaired) electrons. The Morgan fingerprint density at radius 3 is 2.93 bits per heavy atom. The van der Waals surface area contributed by atoms with E-state index in [1.807, 2.05) is 22.8 Å². The molecule has 1 aliphatic heterocycles. The van der Waals surface area contributed by atoms with E-state index in [1.54, 1.807) is 26.7 Å². The molecule has 1 aliphatic rings. The number of aliphatic imine (C=N–C) groups is 1. The predicted octanol–water partition coefficient (Wildman–Crippen LogP) is 3.84. The molecule has 0 aliphatic carbocycles. The van der Waals surface area contributed by atoms with Crippen molar-refractivity contribution in [2.24, 2.45) is 16.6 Å². The highest BCUT2D eigenvalue weighted by atomic mass is 16.5. The van der Waals surface area contributed by atoms with E-state index in [9.17, 15) is 0 Å². The zero-order valence-corrected chi connectivity index (χ0v) is 17.0. The van der Waals surface area contributed by atoms with Crippen molar-refractivity contribution in [2.75, 3.05) is 20.8 Å². The Kier molecular flexibility index (Phi) is 5.87. The van der Waals surface area contributed by atoms with Crippen molar-refractivity contribution < 1.29 is 9.47 Å². The molecule has 0 fully saturated rings. The van der Waals surface area contributed by atoms with E-state index in [-0.39, 0.29) is 0 Å². The van der Waals surface area contributed by atoms with Crippen LogP contribution in [0.5, 0.6) is 5.75 Å². The molecule has 0 amide bonds. The smallest absolute Gasteiger partial charge is 0.139 e. The second-order valence-electron chi connectivity index (χ2n) is 7.04. The van der Waals surface area contributed by atoms with Gasteiger partial charge < -0.3 is 19.8 Å². The zero-order valence-electron chi connectivity index (χ0n) is 17.0. The number of aromatic nitrogens is 2. The number of allylic oxidation sites excluding steroid dienone is 1. The number of benzene rings is 1. The Hall–Kier alpha value is -3.02. The maximum Gasteiger partial charge on any atom is 0.139 e. The number of nitrogens with zero attached hydrogens (tertiary/aromatic N) is 3. The molecule has 0 saturated heterocycles. The van der Waals surface area contributed by atoms with Gasteiger partial charge in [-0.2, -0.15) is 0 Å². The molecule has 6 heteroatoms. The maximum absolute atomic E-state index is 6.53. The van der Waals surface area contributed by atoms with Gasteiger partial charge in [-0.25, -0.2) is 4.98 Å². The maximum atomic E-state index is 6.53. The lowest BCUT2D eigenvalue weighted by Gasteiger charge is -2.14. The van der Waals surface area contributed by atoms with E-state index in [0.29, 0.717) is 30.4 Å². The molecule has 6 nitrogen and oxygen atoms in total. The van der Waals surface area contributed by atoms with Crippen LogP contribution in [-0.4, -0.2) is 36.5 Å². The summed E-state index contributed by atoms with van der Waals surface area (Å²) in [7, 11) is 3.39. The molecule has 2 heterocycles. The molecule has 28 heavy (non-hydrogen) atoms. The average molecular weight is 380 g/mol. The van der Waals surface area contributed by atoms with Crippen LogP contribution in [0, 0.1) is 5.92 Å². The van der Waals surface area contributed by atoms with Crippen molar-refractivity contribution in [3.63, 3.8) is 0 Å². The Balaban J connectivity index is 2.09. The molecule has 1 aromatic carbocycles. The molecular weight excluding hydrogens is 352 g/mol. The largest absolute Gasteiger partial charge is 0.497 e. The molecule has 2 N–H and O–H groups in total. The van der Waals surface area contributed by atoms with Crippen LogP contribution in [0.15, 0.2) is 41.7 Å². The molecule has 0 bridgehead atoms. The lowest BCUT2D eigenvalue weighted by Crippen LogP contribution is -2.07. The van der Waals surface area contributed by atoms with E-state index in [2.05, 4.69) is 30.4 Å². The zero-order chi connectivity index (χ0) is 20.3. The number of methoxy groups -OCH3 is 1. The van der Waals surface area contributed by atoms with Gasteiger partial charge in [0.25, 0.3) is 0 Å². The summed E-state index contributed by atoms with van der Waals surface area (Å²) in [6.45, 7) is 9.04. The summed E-state index contributed by atoms with van der Waals surface area (Å²) in [5.41, 5.74) is 11.7. The lowest BCUT2D eigenvalue weighted by molar-refractivity contribution is 0.222. The average Bonchev–Trinajstić information content (AvgIpc) is 3.09. The molecular formula is C22H28N4O2. The summed E-state index contributed by atoms with van der Waals surface area (Å²) in [5, 5.41) is 0. The van der Waals surface area contributed by atoms with Crippen LogP contribution >= 0.6 is 0 Å². The number of hydrogen-bond donors (Lipinski definition) is 1. The summed E-state index contributed by atoms with van der Waals surface area (Å²) in [4.78, 5) is 8.80. The third-order valence-electron chi connectivity index (χ3n) is 5.11. The van der Waals surface area contributed by atoms with Crippen molar-refractivity contribution in [3.8, 4) is 11.4 Å². The molecule has 148 valence electrons. The Morgan fingerprint density at radius 2 is 2.25 bits per heavy atom. The van der Waals surface area contributed by atoms with E-state index in [0.717, 1.165) is 40.4 Å². The molecule has 1 unspecified atom stereocenters. The number of nitrogens with two attached hydrogens (primary N) is 1. The predicted molar refractivity (Wildman–Crippen MR) is 114 cm³/mol. The first-order valence-electron chi connectivity index (χ1n) is 9.47. The highest BCUT2D eigenvalue weighted by molar-refractivity contribution is 5.93. The van der Waals surface area contributed by atoms with Crippen LogP contribution in [0.3, 0.4) is 0 Å². The number of rotatable bonds is 7. The summed E-state index contributed by atoms with van der Waals surface area (Å²) in [5.74, 6) is 1.79. The topological polar surface area (TPSA) is 74.7 Å². The van der Waals surface area contributed by atoms with Crippen LogP contribution in [0.2, 0.25) is 0 Å². The van der Waals surface area contributed by atoms with Crippen molar-refractivity contribution in [1.29, 1.82) is 0 Å². The summed E-state index contributed by atoms with van der Waals surface area (Å²) < 4.78 is 13.4. The summed E-state index contributed by atoms with van der Waals surface area (Å²) in [6, 6.07) is 5.85. The minimum atomic E-state index is 0.462. The molecule has 3 rings (SSSR count). The second-order valence-corrected chi connectivity index (χ2v) is 7.04. The van der Waals surface area contributed by atoms with E-state index >= 15 is 0 Å². The molecule has 1 aromatic heterocycles. The summed E-state index contributed by atoms with van der Waals surface area (Å²) in [6.07, 6.45) is 5.24. The molecule has 0 saturated carbocycles. The van der Waals surface area contributed by atoms with Gasteiger partial charge in [-0.05, 0) is 29.7 Å². The third kappa shape index (κ3) is 3.67. The monoisotopic (exact) mass is 380 g/mol. The van der Waals surface area contributed by atoms with Crippen LogP contribution in [0.25, 0.3) is 17.1 Å². The van der Waals surface area contributed by atoms with Gasteiger partial charge in [0.05, 0.1) is 25.1 Å². The minimum absolute atomic E-state index is 0.462. The van der Waals surface area contributed by atoms with E-state index < -0.39 is 0 Å². The SMILES string of the molecule is C=C(OCC(C)CC)c1ncn2c1CC(C=NC)=C(N)c1cc(OC)ccc1-2. The van der Waals surface area contributed by atoms with Gasteiger partial charge in [-0.1, -0.05) is 26.8 Å². The van der Waals surface area contributed by atoms with Crippen LogP contribution in [-0.2, 0) is 11.2 Å². The fraction of sp³-hybridized carbons (Fsp3) is 0.364. The van der Waals surface area contributed by atoms with Crippen LogP contribution in [0.1, 0.15) is 37.2 Å². The molecule has 2 aromatic rings. The second kappa shape index (κ2) is 8.33. The fourth-order valence-corrected chi connectivity index (χ4v) is 3.20. The first-order chi connectivity index (χ1) is 13.5. The van der Waals surface area contributed by atoms with Gasteiger partial charge in [0.15, 0.2) is 0 Å². The first-order valence-corrected chi connectivity index (χ1v) is 9.47. The first kappa shape index (κ1) is 19.7. The summed E-state index contributed by atoms with van der Waals surface area (Å²) >= 11 is 0. The quantitative estimate of drug-likeness (QED) is 0.585. The minimum Gasteiger partial charge on any atom is -0.497 e. The Labute approximate surface area is 166 Å². The third-order valence-corrected chi connectivity index (χ3v) is 5.11. The van der Waals surface area contributed by atoms with Crippen molar-refractivity contribution in [1.82, 2.24) is 9.55 Å². The van der Waals surface area contributed by atoms with Gasteiger partial charge in [-0.3, -0.25) is 4.99 Å². The highest BCUT2D eigenvalue weighted by Crippen LogP contribution is 2.34. The van der Waals surface area contributed by atoms with Crippen molar-refractivity contribution in [2.45, 2.75) is 26.7 Å². The Morgan fingerprint density at radius 1 is 1.46 bits per heavy atom. The van der Waals surface area contributed by atoms with Gasteiger partial charge in [0, 0.05) is 30.9 Å². The number of hydrogen-bond acceptors (Lipinski definition) is 5. The van der Waals surface area contributed by atoms with E-state index in [4.69, 9.17) is 15.2 Å². The highest BCUT2D eigenvalue weighted by Gasteiger charge is 2.24. The standard InChI is InChI=1S/C22H28N4O2/c1-6-14(2)12-28-15(3)22-20-9-16(11-24-4)21(23)18-10-17(27-5)7-8-19(18)26(20)13-25-22/h7-8,10-11,13-14H,3,6,9,12,23H2,1-2,4-5H3. The normalized spacial score (nSPS) is 14.4. The van der Waals surface area contributed by atoms with Gasteiger partial charge in [0.2, 0.25) is 0 Å². The number of imidazole rings is 1. The van der Waals surface area contributed by atoms with Gasteiger partial charge in [0.1, 0.15) is 23.5 Å². The van der Waals surface area contributed by atoms with Crippen LogP contribution in [0.4, 0.5) is 0 Å². The van der Waals surface area contributed by atoms with Crippen molar-refractivity contribution >= 4 is 17.7 Å². The Bertz CT molecular complexity index is 940. The lowest BCUT2D eigenvalue weighted by atomic mass is 10.0. The number of fused-ring (bicyclic) bond motifs is 3. The van der Waals surface area contributed by atoms with Crippen LogP contribution < -0.4 is 10.5 Å². The van der Waals surface area contributed by atoms with Gasteiger partial charge in [-0.15, -0.1) is 0 Å². The van der Waals surface area contributed by atoms with E-state index in [1.165, 1.54) is 0 Å². The molecule has 0 spiro atoms. The number of ether oxygens (including phenoxy) is 2.